The van der Waals surface area contributed by atoms with E-state index in [4.69, 9.17) is 72.0 Å². The van der Waals surface area contributed by atoms with Crippen molar-refractivity contribution in [1.29, 1.82) is 0 Å². The molecule has 83 heavy (non-hydrogen) atoms. The zero-order chi connectivity index (χ0) is 60.3. The molecular weight excluding hydrogens is 1140 g/mol. The van der Waals surface area contributed by atoms with Crippen molar-refractivity contribution in [2.24, 2.45) is 5.73 Å². The zero-order valence-electron chi connectivity index (χ0n) is 44.4. The van der Waals surface area contributed by atoms with Crippen LogP contribution in [0.5, 0.6) is 0 Å². The topological polar surface area (TPSA) is 572 Å². The summed E-state index contributed by atoms with van der Waals surface area (Å²) in [6.45, 7) is -5.64. The summed E-state index contributed by atoms with van der Waals surface area (Å²) < 4.78 is 81.2. The highest BCUT2D eigenvalue weighted by Crippen LogP contribution is 2.39. The third-order valence-electron chi connectivity index (χ3n) is 16.0. The van der Waals surface area contributed by atoms with E-state index in [9.17, 15) is 102 Å². The van der Waals surface area contributed by atoms with Crippen LogP contribution in [0.1, 0.15) is 19.3 Å². The van der Waals surface area contributed by atoms with E-state index in [0.717, 1.165) is 0 Å². The summed E-state index contributed by atoms with van der Waals surface area (Å²) in [5.74, 6) is 0. The van der Waals surface area contributed by atoms with Crippen LogP contribution in [0, 0.1) is 0 Å². The zero-order valence-corrected chi connectivity index (χ0v) is 44.4. The van der Waals surface area contributed by atoms with Gasteiger partial charge in [0.1, 0.15) is 171 Å². The van der Waals surface area contributed by atoms with Crippen LogP contribution in [-0.2, 0) is 66.3 Å². The molecule has 21 aliphatic heterocycles. The standard InChI is InChI=1S/C47H82N2O34/c48-4-2-1-3-5-49-6-13-34-20(56)27(63)41(70-13)78-35-14(7-50)72-43(29(65)22(35)58)80-37-16(9-52)74-45(31(67)24(37)60)82-39-18(11-54)76-47(33(69)26(39)62)83-40-19(12-55)75-46(32(68)25(40)61)81-38-17(10-53)73-44(30(66)23(38)59)79-36-15(8-51)71-42(77-34)28(64)21(36)57/h13-47,49-69H,1-12,48H2/t13-,14-,15-,16-,17-,18-,19-,20-,21-,22-,23-,24-,25-,26-,27-,28-,29-,30-,31-,32-,33-,34-,35-,36-,37-,38-,39-,40-,41-,42-,43-,44-,45-,46-,47-/m1/s1. The molecule has 0 aliphatic carbocycles. The molecule has 0 saturated carbocycles. The normalized spacial score (nSPS) is 52.2. The van der Waals surface area contributed by atoms with Gasteiger partial charge in [-0.05, 0) is 25.9 Å². The monoisotopic (exact) mass is 1220 g/mol. The van der Waals surface area contributed by atoms with Gasteiger partial charge in [-0.25, -0.2) is 0 Å². The van der Waals surface area contributed by atoms with Gasteiger partial charge in [0.15, 0.2) is 44.0 Å². The van der Waals surface area contributed by atoms with Crippen molar-refractivity contribution in [2.75, 3.05) is 59.3 Å². The van der Waals surface area contributed by atoms with Gasteiger partial charge in [-0.3, -0.25) is 0 Å². The van der Waals surface area contributed by atoms with Gasteiger partial charge in [-0.2, -0.15) is 0 Å². The number of ether oxygens (including phenoxy) is 14. The molecule has 484 valence electrons. The lowest BCUT2D eigenvalue weighted by molar-refractivity contribution is -0.396. The molecule has 0 amide bonds. The highest BCUT2D eigenvalue weighted by Gasteiger charge is 2.59. The maximum absolute atomic E-state index is 11.7. The second-order valence-electron chi connectivity index (χ2n) is 21.5. The number of nitrogens with one attached hydrogen (secondary N) is 1. The molecule has 0 spiro atoms. The lowest BCUT2D eigenvalue weighted by Crippen LogP contribution is -2.68. The highest BCUT2D eigenvalue weighted by molar-refractivity contribution is 5.02. The molecule has 21 aliphatic rings. The Kier molecular flexibility index (Phi) is 24.3. The van der Waals surface area contributed by atoms with Crippen LogP contribution in [0.2, 0.25) is 0 Å². The molecular formula is C47H82N2O34. The summed E-state index contributed by atoms with van der Waals surface area (Å²) in [6, 6.07) is 0. The Labute approximate surface area is 472 Å². The predicted molar refractivity (Wildman–Crippen MR) is 257 cm³/mol. The van der Waals surface area contributed by atoms with Crippen molar-refractivity contribution in [3.05, 3.63) is 0 Å². The van der Waals surface area contributed by atoms with E-state index in [1.54, 1.807) is 0 Å². The first-order chi connectivity index (χ1) is 39.7. The Morgan fingerprint density at radius 2 is 0.434 bits per heavy atom. The third-order valence-corrected chi connectivity index (χ3v) is 16.0. The SMILES string of the molecule is NCCCCCNC[C@H]1O[C@@H]2O[C@H]3[C@H](O)[C@@H](O)[C@@H](O[C@H]4[C@H](O)[C@@H](O)[C@@H](O[C@H]5[C@H](O)[C@@H](O)[C@@H](O[C@H]6[C@H](O)[C@@H](O)[C@@H](O[C@H]7[C@H](O)[C@@H](O)[C@@H](O[C@H]8[C@H](O)[C@@H](O)[C@@H](O[C@H]1[C@H](O)[C@H]2O)O[C@@H]8CO)O[C@@H]7CO)O[C@@H]6CO)O[C@@H]5CO)O[C@@H]4CO)O[C@@H]3CO. The van der Waals surface area contributed by atoms with Crippen molar-refractivity contribution < 1.29 is 168 Å². The Balaban J connectivity index is 1.09. The number of unbranched alkanes of at least 4 members (excludes halogenated alkanes) is 2. The number of aliphatic hydroxyl groups excluding tert-OH is 20. The molecule has 21 saturated heterocycles. The fraction of sp³-hybridized carbons (Fsp3) is 1.00. The lowest BCUT2D eigenvalue weighted by atomic mass is 9.95. The number of hydrogen-bond acceptors (Lipinski definition) is 36. The molecule has 35 atom stereocenters. The smallest absolute Gasteiger partial charge is 0.187 e. The summed E-state index contributed by atoms with van der Waals surface area (Å²) in [4.78, 5) is 0. The van der Waals surface area contributed by atoms with Gasteiger partial charge in [0, 0.05) is 6.54 Å². The molecule has 0 aromatic rings. The summed E-state index contributed by atoms with van der Waals surface area (Å²) >= 11 is 0. The molecule has 21 fully saturated rings. The average Bonchev–Trinajstić information content (AvgIpc) is 3.66. The first-order valence-corrected chi connectivity index (χ1v) is 27.4. The van der Waals surface area contributed by atoms with Crippen LogP contribution in [0.3, 0.4) is 0 Å². The molecule has 21 rings (SSSR count). The van der Waals surface area contributed by atoms with Crippen molar-refractivity contribution in [3.63, 3.8) is 0 Å². The van der Waals surface area contributed by atoms with E-state index in [1.807, 2.05) is 0 Å². The van der Waals surface area contributed by atoms with Gasteiger partial charge in [0.05, 0.1) is 39.6 Å². The second-order valence-corrected chi connectivity index (χ2v) is 21.5. The number of nitrogens with two attached hydrogens (primary N) is 1. The maximum Gasteiger partial charge on any atom is 0.187 e. The molecule has 23 N–H and O–H groups in total. The number of hydrogen-bond donors (Lipinski definition) is 22. The largest absolute Gasteiger partial charge is 0.394 e. The van der Waals surface area contributed by atoms with Crippen molar-refractivity contribution in [3.8, 4) is 0 Å². The minimum absolute atomic E-state index is 0.211. The first-order valence-electron chi connectivity index (χ1n) is 27.4. The molecule has 0 unspecified atom stereocenters. The first kappa shape index (κ1) is 67.5. The quantitative estimate of drug-likeness (QED) is 0.0762. The fourth-order valence-electron chi connectivity index (χ4n) is 11.2. The van der Waals surface area contributed by atoms with E-state index in [1.165, 1.54) is 0 Å². The van der Waals surface area contributed by atoms with E-state index >= 15 is 0 Å². The van der Waals surface area contributed by atoms with Gasteiger partial charge >= 0.3 is 0 Å². The molecule has 36 nitrogen and oxygen atoms in total. The maximum atomic E-state index is 11.7. The highest BCUT2D eigenvalue weighted by atomic mass is 16.8. The van der Waals surface area contributed by atoms with Crippen molar-refractivity contribution >= 4 is 0 Å². The van der Waals surface area contributed by atoms with Gasteiger partial charge in [0.2, 0.25) is 0 Å². The van der Waals surface area contributed by atoms with Crippen molar-refractivity contribution in [2.45, 2.75) is 234 Å². The van der Waals surface area contributed by atoms with Crippen LogP contribution in [0.4, 0.5) is 0 Å². The number of aliphatic hydroxyl groups is 20. The minimum atomic E-state index is -2.20. The van der Waals surface area contributed by atoms with Crippen LogP contribution in [0.15, 0.2) is 0 Å². The second kappa shape index (κ2) is 29.9. The Bertz CT molecular complexity index is 1930. The summed E-state index contributed by atoms with van der Waals surface area (Å²) in [6.07, 6.45) is -67.0. The molecule has 0 radical (unpaired) electrons. The minimum Gasteiger partial charge on any atom is -0.394 e. The summed E-state index contributed by atoms with van der Waals surface area (Å²) in [5, 5.41) is 226. The Morgan fingerprint density at radius 1 is 0.241 bits per heavy atom. The van der Waals surface area contributed by atoms with E-state index in [0.29, 0.717) is 32.4 Å². The van der Waals surface area contributed by atoms with Gasteiger partial charge in [0.25, 0.3) is 0 Å². The van der Waals surface area contributed by atoms with Crippen LogP contribution < -0.4 is 11.1 Å². The average molecular weight is 1220 g/mol. The van der Waals surface area contributed by atoms with Crippen LogP contribution >= 0.6 is 0 Å². The van der Waals surface area contributed by atoms with E-state index in [2.05, 4.69) is 5.32 Å². The van der Waals surface area contributed by atoms with Crippen molar-refractivity contribution in [1.82, 2.24) is 5.32 Å². The van der Waals surface area contributed by atoms with Gasteiger partial charge in [-0.15, -0.1) is 0 Å². The molecule has 36 heteroatoms. The van der Waals surface area contributed by atoms with E-state index < -0.39 is 255 Å². The predicted octanol–water partition coefficient (Wildman–Crippen LogP) is -14.5. The van der Waals surface area contributed by atoms with E-state index in [-0.39, 0.29) is 6.54 Å². The molecule has 0 aromatic heterocycles. The lowest BCUT2D eigenvalue weighted by Gasteiger charge is -2.50. The third kappa shape index (κ3) is 14.3. The van der Waals surface area contributed by atoms with Crippen LogP contribution in [-0.4, -0.2) is 376 Å². The summed E-state index contributed by atoms with van der Waals surface area (Å²) in [7, 11) is 0. The Hall–Kier alpha value is -1.44. The molecule has 0 aromatic carbocycles. The summed E-state index contributed by atoms with van der Waals surface area (Å²) in [5.41, 5.74) is 5.63. The molecule has 14 bridgehead atoms. The fourth-order valence-corrected chi connectivity index (χ4v) is 11.2. The molecule has 21 heterocycles. The Morgan fingerprint density at radius 3 is 0.627 bits per heavy atom. The number of rotatable bonds is 13. The van der Waals surface area contributed by atoms with Gasteiger partial charge < -0.3 is 179 Å². The van der Waals surface area contributed by atoms with Gasteiger partial charge in [-0.1, -0.05) is 6.42 Å². The van der Waals surface area contributed by atoms with Crippen LogP contribution in [0.25, 0.3) is 0 Å².